The largest absolute Gasteiger partial charge is 0.444 e. The molecule has 27 heavy (non-hydrogen) atoms. The first-order valence-electron chi connectivity index (χ1n) is 9.79. The van der Waals surface area contributed by atoms with Crippen LogP contribution in [-0.2, 0) is 9.53 Å². The normalized spacial score (nSPS) is 11.6. The summed E-state index contributed by atoms with van der Waals surface area (Å²) in [7, 11) is 0. The Morgan fingerprint density at radius 2 is 1.81 bits per heavy atom. The third-order valence-electron chi connectivity index (χ3n) is 3.87. The van der Waals surface area contributed by atoms with Crippen LogP contribution in [0.4, 0.5) is 10.5 Å². The second-order valence-electron chi connectivity index (χ2n) is 7.67. The van der Waals surface area contributed by atoms with Gasteiger partial charge in [-0.15, -0.1) is 0 Å². The fourth-order valence-corrected chi connectivity index (χ4v) is 2.72. The van der Waals surface area contributed by atoms with Crippen LogP contribution in [0.5, 0.6) is 0 Å². The quantitative estimate of drug-likeness (QED) is 0.610. The predicted octanol–water partition coefficient (Wildman–Crippen LogP) is 5.38. The van der Waals surface area contributed by atoms with Gasteiger partial charge in [-0.3, -0.25) is 4.79 Å². The van der Waals surface area contributed by atoms with Gasteiger partial charge in [-0.25, -0.2) is 4.79 Å². The minimum Gasteiger partial charge on any atom is -0.444 e. The van der Waals surface area contributed by atoms with Crippen molar-refractivity contribution in [3.05, 3.63) is 35.9 Å². The molecule has 2 N–H and O–H groups in total. The van der Waals surface area contributed by atoms with Gasteiger partial charge in [0.15, 0.2) is 0 Å². The number of hydrogen-bond acceptors (Lipinski definition) is 3. The highest BCUT2D eigenvalue weighted by Crippen LogP contribution is 2.18. The summed E-state index contributed by atoms with van der Waals surface area (Å²) in [6.45, 7) is 10.1. The molecule has 0 saturated heterocycles. The molecular formula is C22H34N2O3. The maximum Gasteiger partial charge on any atom is 0.407 e. The number of rotatable bonds is 9. The molecule has 0 saturated carbocycles. The van der Waals surface area contributed by atoms with Crippen LogP contribution < -0.4 is 10.6 Å². The Kier molecular flexibility index (Phi) is 9.62. The topological polar surface area (TPSA) is 67.4 Å². The lowest BCUT2D eigenvalue weighted by Crippen LogP contribution is -2.32. The number of amides is 2. The van der Waals surface area contributed by atoms with Gasteiger partial charge in [0.05, 0.1) is 0 Å². The van der Waals surface area contributed by atoms with Crippen LogP contribution in [-0.4, -0.2) is 24.1 Å². The van der Waals surface area contributed by atoms with E-state index in [2.05, 4.69) is 24.5 Å². The van der Waals surface area contributed by atoms with Crippen molar-refractivity contribution in [3.63, 3.8) is 0 Å². The molecule has 0 unspecified atom stereocenters. The average molecular weight is 375 g/mol. The van der Waals surface area contributed by atoms with Crippen molar-refractivity contribution in [2.45, 2.75) is 65.9 Å². The van der Waals surface area contributed by atoms with Crippen molar-refractivity contribution in [1.82, 2.24) is 5.32 Å². The highest BCUT2D eigenvalue weighted by atomic mass is 16.6. The van der Waals surface area contributed by atoms with Crippen LogP contribution in [0.2, 0.25) is 0 Å². The van der Waals surface area contributed by atoms with E-state index in [0.717, 1.165) is 36.9 Å². The lowest BCUT2D eigenvalue weighted by molar-refractivity contribution is -0.120. The molecule has 0 bridgehead atoms. The molecule has 0 heterocycles. The number of benzene rings is 1. The van der Waals surface area contributed by atoms with Gasteiger partial charge in [0.25, 0.3) is 0 Å². The highest BCUT2D eigenvalue weighted by Gasteiger charge is 2.17. The van der Waals surface area contributed by atoms with Crippen LogP contribution in [0.1, 0.15) is 65.9 Å². The van der Waals surface area contributed by atoms with E-state index in [0.29, 0.717) is 6.54 Å². The Balaban J connectivity index is 2.58. The molecule has 0 atom stereocenters. The molecule has 0 aromatic heterocycles. The summed E-state index contributed by atoms with van der Waals surface area (Å²) in [5.41, 5.74) is 1.24. The minimum atomic E-state index is -0.506. The Morgan fingerprint density at radius 3 is 2.41 bits per heavy atom. The van der Waals surface area contributed by atoms with Gasteiger partial charge in [-0.05, 0) is 51.3 Å². The average Bonchev–Trinajstić information content (AvgIpc) is 2.57. The van der Waals surface area contributed by atoms with Gasteiger partial charge in [0, 0.05) is 18.2 Å². The molecule has 0 aliphatic heterocycles. The number of anilines is 1. The zero-order chi connectivity index (χ0) is 20.3. The molecular weight excluding hydrogens is 340 g/mol. The van der Waals surface area contributed by atoms with Crippen molar-refractivity contribution in [3.8, 4) is 0 Å². The molecule has 150 valence electrons. The molecule has 5 nitrogen and oxygen atoms in total. The summed E-state index contributed by atoms with van der Waals surface area (Å²) in [4.78, 5) is 24.1. The van der Waals surface area contributed by atoms with Gasteiger partial charge in [0.2, 0.25) is 5.91 Å². The molecule has 5 heteroatoms. The van der Waals surface area contributed by atoms with Crippen molar-refractivity contribution in [2.75, 3.05) is 11.9 Å². The van der Waals surface area contributed by atoms with Gasteiger partial charge in [0.1, 0.15) is 5.60 Å². The van der Waals surface area contributed by atoms with Crippen molar-refractivity contribution in [2.24, 2.45) is 5.92 Å². The summed E-state index contributed by atoms with van der Waals surface area (Å²) in [5.74, 6) is 0.156. The Hall–Kier alpha value is -2.30. The second-order valence-corrected chi connectivity index (χ2v) is 7.67. The zero-order valence-corrected chi connectivity index (χ0v) is 17.3. The van der Waals surface area contributed by atoms with E-state index >= 15 is 0 Å². The first-order chi connectivity index (χ1) is 12.7. The first-order valence-corrected chi connectivity index (χ1v) is 9.79. The van der Waals surface area contributed by atoms with E-state index in [1.807, 2.05) is 57.2 Å². The number of carbonyl (C=O) groups is 2. The molecule has 2 amide bonds. The number of nitrogens with one attached hydrogen (secondary N) is 2. The zero-order valence-electron chi connectivity index (χ0n) is 17.3. The minimum absolute atomic E-state index is 0.0669. The second kappa shape index (κ2) is 11.4. The molecule has 0 spiro atoms. The number of ether oxygens (including phenoxy) is 1. The summed E-state index contributed by atoms with van der Waals surface area (Å²) < 4.78 is 5.18. The lowest BCUT2D eigenvalue weighted by atomic mass is 9.97. The molecule has 1 aromatic carbocycles. The Bertz CT molecular complexity index is 627. The Labute approximate surface area is 163 Å². The van der Waals surface area contributed by atoms with E-state index in [9.17, 15) is 9.59 Å². The lowest BCUT2D eigenvalue weighted by Gasteiger charge is -2.19. The fourth-order valence-electron chi connectivity index (χ4n) is 2.72. The Morgan fingerprint density at radius 1 is 1.15 bits per heavy atom. The molecule has 0 aliphatic carbocycles. The summed E-state index contributed by atoms with van der Waals surface area (Å²) in [5, 5.41) is 5.71. The van der Waals surface area contributed by atoms with E-state index in [-0.39, 0.29) is 11.8 Å². The molecule has 0 radical (unpaired) electrons. The fraction of sp³-hybridized carbons (Fsp3) is 0.545. The van der Waals surface area contributed by atoms with E-state index in [4.69, 9.17) is 4.74 Å². The molecule has 1 aromatic rings. The van der Waals surface area contributed by atoms with Crippen molar-refractivity contribution < 1.29 is 14.3 Å². The highest BCUT2D eigenvalue weighted by molar-refractivity contribution is 5.92. The summed E-state index contributed by atoms with van der Waals surface area (Å²) in [6.07, 6.45) is 7.15. The predicted molar refractivity (Wildman–Crippen MR) is 112 cm³/mol. The van der Waals surface area contributed by atoms with Crippen LogP contribution in [0.15, 0.2) is 30.3 Å². The molecule has 0 fully saturated rings. The number of hydrogen-bond donors (Lipinski definition) is 2. The van der Waals surface area contributed by atoms with Crippen LogP contribution in [0, 0.1) is 5.92 Å². The maximum atomic E-state index is 12.5. The number of alkyl carbamates (subject to hydrolysis) is 1. The van der Waals surface area contributed by atoms with Gasteiger partial charge < -0.3 is 15.4 Å². The maximum absolute atomic E-state index is 12.5. The van der Waals surface area contributed by atoms with Crippen molar-refractivity contribution >= 4 is 23.8 Å². The first kappa shape index (κ1) is 22.7. The van der Waals surface area contributed by atoms with Crippen LogP contribution in [0.3, 0.4) is 0 Å². The summed E-state index contributed by atoms with van der Waals surface area (Å²) in [6, 6.07) is 7.68. The SMILES string of the molecule is CCCC(CCC)C(=O)Nc1cccc(C=CCNC(=O)OC(C)(C)C)c1. The van der Waals surface area contributed by atoms with Crippen LogP contribution >= 0.6 is 0 Å². The standard InChI is InChI=1S/C22H34N2O3/c1-6-10-18(11-7-2)20(25)24-19-14-8-12-17(16-19)13-9-15-23-21(26)27-22(3,4)5/h8-9,12-14,16,18H,6-7,10-11,15H2,1-5H3,(H,23,26)(H,24,25). The third-order valence-corrected chi connectivity index (χ3v) is 3.87. The van der Waals surface area contributed by atoms with E-state index in [1.54, 1.807) is 0 Å². The van der Waals surface area contributed by atoms with Gasteiger partial charge in [-0.2, -0.15) is 0 Å². The number of carbonyl (C=O) groups excluding carboxylic acids is 2. The smallest absolute Gasteiger partial charge is 0.407 e. The molecule has 1 rings (SSSR count). The van der Waals surface area contributed by atoms with E-state index < -0.39 is 11.7 Å². The van der Waals surface area contributed by atoms with Gasteiger partial charge in [-0.1, -0.05) is 51.0 Å². The van der Waals surface area contributed by atoms with Crippen LogP contribution in [0.25, 0.3) is 6.08 Å². The van der Waals surface area contributed by atoms with Crippen molar-refractivity contribution in [1.29, 1.82) is 0 Å². The van der Waals surface area contributed by atoms with Gasteiger partial charge >= 0.3 is 6.09 Å². The molecule has 0 aliphatic rings. The monoisotopic (exact) mass is 374 g/mol. The summed E-state index contributed by atoms with van der Waals surface area (Å²) >= 11 is 0. The third kappa shape index (κ3) is 9.83. The van der Waals surface area contributed by atoms with E-state index in [1.165, 1.54) is 0 Å².